The van der Waals surface area contributed by atoms with Gasteiger partial charge in [0.25, 0.3) is 0 Å². The van der Waals surface area contributed by atoms with Crippen molar-refractivity contribution in [3.63, 3.8) is 0 Å². The molecule has 0 N–H and O–H groups in total. The summed E-state index contributed by atoms with van der Waals surface area (Å²) in [6.07, 6.45) is 5.04. The summed E-state index contributed by atoms with van der Waals surface area (Å²) in [5.74, 6) is 0.126. The van der Waals surface area contributed by atoms with Gasteiger partial charge < -0.3 is 9.80 Å². The molecule has 0 bridgehead atoms. The first-order valence-electron chi connectivity index (χ1n) is 7.70. The van der Waals surface area contributed by atoms with Crippen LogP contribution in [0.2, 0.25) is 0 Å². The molecule has 1 atom stereocenters. The number of thiophene rings is 1. The molecule has 2 heterocycles. The summed E-state index contributed by atoms with van der Waals surface area (Å²) in [5, 5.41) is 4.09. The Morgan fingerprint density at radius 3 is 2.86 bits per heavy atom. The monoisotopic (exact) mass is 306 g/mol. The van der Waals surface area contributed by atoms with Crippen molar-refractivity contribution in [3.8, 4) is 0 Å². The first kappa shape index (κ1) is 14.6. The van der Waals surface area contributed by atoms with Crippen molar-refractivity contribution in [1.29, 1.82) is 0 Å². The lowest BCUT2D eigenvalue weighted by atomic mass is 10.1. The Kier molecular flexibility index (Phi) is 4.29. The van der Waals surface area contributed by atoms with Gasteiger partial charge in [-0.2, -0.15) is 11.3 Å². The lowest BCUT2D eigenvalue weighted by Gasteiger charge is -2.25. The maximum Gasteiger partial charge on any atom is 0.228 e. The number of likely N-dealkylation sites (tertiary alicyclic amines) is 1. The zero-order valence-corrected chi connectivity index (χ0v) is 13.3. The normalized spacial score (nSPS) is 23.0. The van der Waals surface area contributed by atoms with Crippen molar-refractivity contribution in [1.82, 2.24) is 9.80 Å². The van der Waals surface area contributed by atoms with Crippen LogP contribution in [-0.4, -0.2) is 41.2 Å². The van der Waals surface area contributed by atoms with Crippen LogP contribution in [0.4, 0.5) is 0 Å². The van der Waals surface area contributed by atoms with Gasteiger partial charge in [-0.1, -0.05) is 12.8 Å². The predicted octanol–water partition coefficient (Wildman–Crippen LogP) is 2.50. The van der Waals surface area contributed by atoms with Crippen molar-refractivity contribution in [3.05, 3.63) is 22.4 Å². The molecule has 1 saturated carbocycles. The number of rotatable bonds is 4. The number of hydrogen-bond donors (Lipinski definition) is 0. The number of carbonyl (C=O) groups excluding carboxylic acids is 2. The minimum atomic E-state index is -0.151. The molecule has 2 aliphatic rings. The molecule has 0 radical (unpaired) electrons. The van der Waals surface area contributed by atoms with E-state index in [1.54, 1.807) is 16.2 Å². The summed E-state index contributed by atoms with van der Waals surface area (Å²) in [6, 6.07) is 2.43. The first-order chi connectivity index (χ1) is 10.1. The molecular formula is C16H22N2O2S. The Morgan fingerprint density at radius 2 is 2.19 bits per heavy atom. The Morgan fingerprint density at radius 1 is 1.43 bits per heavy atom. The zero-order chi connectivity index (χ0) is 14.8. The average molecular weight is 306 g/mol. The molecule has 1 unspecified atom stereocenters. The molecule has 2 amide bonds. The van der Waals surface area contributed by atoms with Crippen LogP contribution in [0, 0.1) is 5.92 Å². The fourth-order valence-electron chi connectivity index (χ4n) is 3.51. The van der Waals surface area contributed by atoms with Gasteiger partial charge in [0.1, 0.15) is 0 Å². The Bertz CT molecular complexity index is 508. The standard InChI is InChI=1S/C16H22N2O2S/c1-17(9-12-6-7-21-11-12)16(20)13-8-15(19)18(10-13)14-4-2-3-5-14/h6-7,11,13-14H,2-5,8-10H2,1H3. The van der Waals surface area contributed by atoms with E-state index in [4.69, 9.17) is 0 Å². The minimum Gasteiger partial charge on any atom is -0.341 e. The lowest BCUT2D eigenvalue weighted by molar-refractivity contribution is -0.135. The minimum absolute atomic E-state index is 0.107. The highest BCUT2D eigenvalue weighted by molar-refractivity contribution is 7.07. The molecule has 1 aliphatic carbocycles. The molecule has 1 saturated heterocycles. The van der Waals surface area contributed by atoms with Gasteiger partial charge >= 0.3 is 0 Å². The van der Waals surface area contributed by atoms with E-state index in [-0.39, 0.29) is 17.7 Å². The van der Waals surface area contributed by atoms with Crippen molar-refractivity contribution in [2.75, 3.05) is 13.6 Å². The van der Waals surface area contributed by atoms with Crippen molar-refractivity contribution in [2.24, 2.45) is 5.92 Å². The molecule has 21 heavy (non-hydrogen) atoms. The molecule has 1 aromatic rings. The maximum absolute atomic E-state index is 12.5. The molecule has 0 aromatic carbocycles. The van der Waals surface area contributed by atoms with Crippen molar-refractivity contribution in [2.45, 2.75) is 44.7 Å². The van der Waals surface area contributed by atoms with E-state index >= 15 is 0 Å². The second-order valence-electron chi connectivity index (χ2n) is 6.21. The van der Waals surface area contributed by atoms with Crippen LogP contribution in [-0.2, 0) is 16.1 Å². The van der Waals surface area contributed by atoms with E-state index in [1.165, 1.54) is 12.8 Å². The third-order valence-electron chi connectivity index (χ3n) is 4.65. The number of amides is 2. The summed E-state index contributed by atoms with van der Waals surface area (Å²) in [6.45, 7) is 1.26. The van der Waals surface area contributed by atoms with Crippen LogP contribution >= 0.6 is 11.3 Å². The highest BCUT2D eigenvalue weighted by Gasteiger charge is 2.39. The van der Waals surface area contributed by atoms with Gasteiger partial charge in [0.15, 0.2) is 0 Å². The summed E-state index contributed by atoms with van der Waals surface area (Å²) in [4.78, 5) is 28.4. The number of hydrogen-bond acceptors (Lipinski definition) is 3. The Hall–Kier alpha value is -1.36. The van der Waals surface area contributed by atoms with E-state index in [1.807, 2.05) is 23.4 Å². The molecule has 4 nitrogen and oxygen atoms in total. The zero-order valence-electron chi connectivity index (χ0n) is 12.5. The molecule has 2 fully saturated rings. The second-order valence-corrected chi connectivity index (χ2v) is 6.99. The van der Waals surface area contributed by atoms with Crippen LogP contribution in [0.15, 0.2) is 16.8 Å². The molecular weight excluding hydrogens is 284 g/mol. The number of carbonyl (C=O) groups is 2. The molecule has 3 rings (SSSR count). The highest BCUT2D eigenvalue weighted by atomic mass is 32.1. The summed E-state index contributed by atoms with van der Waals surface area (Å²) < 4.78 is 0. The smallest absolute Gasteiger partial charge is 0.228 e. The first-order valence-corrected chi connectivity index (χ1v) is 8.65. The third kappa shape index (κ3) is 3.12. The topological polar surface area (TPSA) is 40.6 Å². The molecule has 1 aliphatic heterocycles. The van der Waals surface area contributed by atoms with Crippen LogP contribution in [0.5, 0.6) is 0 Å². The average Bonchev–Trinajstić information content (AvgIpc) is 3.17. The van der Waals surface area contributed by atoms with Gasteiger partial charge in [-0.25, -0.2) is 0 Å². The van der Waals surface area contributed by atoms with E-state index < -0.39 is 0 Å². The summed E-state index contributed by atoms with van der Waals surface area (Å²) in [5.41, 5.74) is 1.16. The quantitative estimate of drug-likeness (QED) is 0.857. The largest absolute Gasteiger partial charge is 0.341 e. The van der Waals surface area contributed by atoms with Crippen LogP contribution in [0.25, 0.3) is 0 Å². The Balaban J connectivity index is 1.59. The van der Waals surface area contributed by atoms with E-state index in [0.717, 1.165) is 18.4 Å². The van der Waals surface area contributed by atoms with Crippen LogP contribution in [0.3, 0.4) is 0 Å². The Labute approximate surface area is 129 Å². The van der Waals surface area contributed by atoms with Gasteiger partial charge in [0.05, 0.1) is 5.92 Å². The van der Waals surface area contributed by atoms with Crippen LogP contribution < -0.4 is 0 Å². The van der Waals surface area contributed by atoms with Gasteiger partial charge in [0, 0.05) is 32.6 Å². The van der Waals surface area contributed by atoms with E-state index in [2.05, 4.69) is 5.38 Å². The van der Waals surface area contributed by atoms with Gasteiger partial charge in [-0.3, -0.25) is 9.59 Å². The van der Waals surface area contributed by atoms with E-state index in [0.29, 0.717) is 25.6 Å². The maximum atomic E-state index is 12.5. The van der Waals surface area contributed by atoms with Gasteiger partial charge in [-0.05, 0) is 35.2 Å². The fourth-order valence-corrected chi connectivity index (χ4v) is 4.17. The van der Waals surface area contributed by atoms with Crippen molar-refractivity contribution >= 4 is 23.2 Å². The third-order valence-corrected chi connectivity index (χ3v) is 5.38. The van der Waals surface area contributed by atoms with E-state index in [9.17, 15) is 9.59 Å². The van der Waals surface area contributed by atoms with Gasteiger partial charge in [-0.15, -0.1) is 0 Å². The summed E-state index contributed by atoms with van der Waals surface area (Å²) >= 11 is 1.64. The summed E-state index contributed by atoms with van der Waals surface area (Å²) in [7, 11) is 1.84. The SMILES string of the molecule is CN(Cc1ccsc1)C(=O)C1CC(=O)N(C2CCCC2)C1. The van der Waals surface area contributed by atoms with Gasteiger partial charge in [0.2, 0.25) is 11.8 Å². The highest BCUT2D eigenvalue weighted by Crippen LogP contribution is 2.30. The molecule has 1 aromatic heterocycles. The number of nitrogens with zero attached hydrogens (tertiary/aromatic N) is 2. The molecule has 114 valence electrons. The predicted molar refractivity (Wildman–Crippen MR) is 82.9 cm³/mol. The second kappa shape index (κ2) is 6.18. The fraction of sp³-hybridized carbons (Fsp3) is 0.625. The van der Waals surface area contributed by atoms with Crippen LogP contribution in [0.1, 0.15) is 37.7 Å². The molecule has 0 spiro atoms. The lowest BCUT2D eigenvalue weighted by Crippen LogP contribution is -2.37. The molecule has 5 heteroatoms. The van der Waals surface area contributed by atoms with Crippen molar-refractivity contribution < 1.29 is 9.59 Å².